The van der Waals surface area contributed by atoms with Crippen LogP contribution in [0.3, 0.4) is 0 Å². The van der Waals surface area contributed by atoms with Crippen LogP contribution in [0.2, 0.25) is 0 Å². The van der Waals surface area contributed by atoms with Crippen LogP contribution in [0, 0.1) is 5.92 Å². The normalized spacial score (nSPS) is 19.0. The van der Waals surface area contributed by atoms with Crippen LogP contribution < -0.4 is 10.6 Å². The van der Waals surface area contributed by atoms with Crippen LogP contribution >= 0.6 is 24.0 Å². The summed E-state index contributed by atoms with van der Waals surface area (Å²) in [6.45, 7) is 7.90. The van der Waals surface area contributed by atoms with Gasteiger partial charge in [0.2, 0.25) is 0 Å². The quantitative estimate of drug-likeness (QED) is 0.352. The molecule has 2 unspecified atom stereocenters. The van der Waals surface area contributed by atoms with Gasteiger partial charge in [-0.2, -0.15) is 0 Å². The molecule has 1 amide bonds. The molecule has 6 heteroatoms. The van der Waals surface area contributed by atoms with Gasteiger partial charge >= 0.3 is 0 Å². The van der Waals surface area contributed by atoms with Crippen molar-refractivity contribution in [1.29, 1.82) is 0 Å². The first-order chi connectivity index (χ1) is 14.1. The lowest BCUT2D eigenvalue weighted by atomic mass is 9.82. The summed E-state index contributed by atoms with van der Waals surface area (Å²) in [6.07, 6.45) is 1.14. The molecule has 3 rings (SSSR count). The topological polar surface area (TPSA) is 56.7 Å². The van der Waals surface area contributed by atoms with E-state index in [1.54, 1.807) is 7.05 Å². The summed E-state index contributed by atoms with van der Waals surface area (Å²) in [4.78, 5) is 18.9. The minimum absolute atomic E-state index is 0. The average Bonchev–Trinajstić information content (AvgIpc) is 2.77. The van der Waals surface area contributed by atoms with Gasteiger partial charge in [0.1, 0.15) is 0 Å². The van der Waals surface area contributed by atoms with E-state index in [1.807, 2.05) is 24.3 Å². The summed E-state index contributed by atoms with van der Waals surface area (Å²) in [5, 5.41) is 6.10. The predicted molar refractivity (Wildman–Crippen MR) is 135 cm³/mol. The molecule has 2 N–H and O–H groups in total. The summed E-state index contributed by atoms with van der Waals surface area (Å²) in [6, 6.07) is 18.5. The van der Waals surface area contributed by atoms with Crippen molar-refractivity contribution in [1.82, 2.24) is 15.5 Å². The Kier molecular flexibility index (Phi) is 9.62. The lowest BCUT2D eigenvalue weighted by molar-refractivity contribution is 0.0963. The molecule has 2 aromatic rings. The summed E-state index contributed by atoms with van der Waals surface area (Å²) in [5.74, 6) is 2.08. The number of benzene rings is 2. The third kappa shape index (κ3) is 6.20. The van der Waals surface area contributed by atoms with Crippen molar-refractivity contribution in [3.05, 3.63) is 71.3 Å². The maximum absolute atomic E-state index is 11.7. The van der Waals surface area contributed by atoms with Gasteiger partial charge in [0.25, 0.3) is 5.91 Å². The molecule has 2 atom stereocenters. The van der Waals surface area contributed by atoms with Crippen LogP contribution in [0.4, 0.5) is 0 Å². The van der Waals surface area contributed by atoms with Gasteiger partial charge in [0.05, 0.1) is 6.54 Å². The van der Waals surface area contributed by atoms with Crippen LogP contribution in [-0.2, 0) is 6.54 Å². The highest BCUT2D eigenvalue weighted by Gasteiger charge is 2.28. The van der Waals surface area contributed by atoms with E-state index in [2.05, 4.69) is 59.7 Å². The van der Waals surface area contributed by atoms with E-state index >= 15 is 0 Å². The number of hydrogen-bond acceptors (Lipinski definition) is 2. The van der Waals surface area contributed by atoms with E-state index in [0.29, 0.717) is 23.9 Å². The Balaban J connectivity index is 0.00000320. The Morgan fingerprint density at radius 3 is 2.43 bits per heavy atom. The zero-order chi connectivity index (χ0) is 20.6. The molecule has 1 aliphatic rings. The number of hydrogen-bond donors (Lipinski definition) is 2. The largest absolute Gasteiger partial charge is 0.357 e. The average molecular weight is 520 g/mol. The first kappa shape index (κ1) is 24.2. The molecule has 0 saturated carbocycles. The number of carbonyl (C=O) groups is 1. The fourth-order valence-corrected chi connectivity index (χ4v) is 4.03. The summed E-state index contributed by atoms with van der Waals surface area (Å²) in [7, 11) is 1.64. The van der Waals surface area contributed by atoms with E-state index < -0.39 is 0 Å². The van der Waals surface area contributed by atoms with Crippen molar-refractivity contribution in [3.8, 4) is 0 Å². The highest BCUT2D eigenvalue weighted by atomic mass is 127. The van der Waals surface area contributed by atoms with E-state index in [0.717, 1.165) is 37.6 Å². The number of guanidine groups is 1. The fourth-order valence-electron chi connectivity index (χ4n) is 4.03. The minimum atomic E-state index is -0.0661. The number of carbonyl (C=O) groups excluding carboxylic acids is 1. The summed E-state index contributed by atoms with van der Waals surface area (Å²) in [5.41, 5.74) is 3.21. The molecule has 0 aromatic heterocycles. The van der Waals surface area contributed by atoms with Gasteiger partial charge in [-0.15, -0.1) is 24.0 Å². The number of likely N-dealkylation sites (tertiary alicyclic amines) is 1. The van der Waals surface area contributed by atoms with Gasteiger partial charge < -0.3 is 15.5 Å². The van der Waals surface area contributed by atoms with Gasteiger partial charge in [0, 0.05) is 32.2 Å². The van der Waals surface area contributed by atoms with Gasteiger partial charge in [-0.05, 0) is 48.4 Å². The molecule has 1 saturated heterocycles. The third-order valence-corrected chi connectivity index (χ3v) is 5.62. The van der Waals surface area contributed by atoms with E-state index in [-0.39, 0.29) is 29.9 Å². The number of piperidine rings is 1. The first-order valence-electron chi connectivity index (χ1n) is 10.5. The van der Waals surface area contributed by atoms with E-state index in [4.69, 9.17) is 4.99 Å². The Morgan fingerprint density at radius 2 is 1.83 bits per heavy atom. The van der Waals surface area contributed by atoms with Crippen LogP contribution in [0.15, 0.2) is 59.6 Å². The lowest BCUT2D eigenvalue weighted by Crippen LogP contribution is -2.48. The maximum Gasteiger partial charge on any atom is 0.251 e. The molecule has 2 aromatic carbocycles. The third-order valence-electron chi connectivity index (χ3n) is 5.62. The smallest absolute Gasteiger partial charge is 0.251 e. The second-order valence-corrected chi connectivity index (χ2v) is 7.68. The Bertz CT molecular complexity index is 823. The highest BCUT2D eigenvalue weighted by Crippen LogP contribution is 2.32. The zero-order valence-corrected chi connectivity index (χ0v) is 20.4. The Labute approximate surface area is 197 Å². The monoisotopic (exact) mass is 520 g/mol. The number of aliphatic imine (C=N–C) groups is 1. The molecule has 0 radical (unpaired) electrons. The molecule has 1 aliphatic heterocycles. The molecule has 1 heterocycles. The van der Waals surface area contributed by atoms with Crippen molar-refractivity contribution in [2.45, 2.75) is 32.7 Å². The molecule has 1 fully saturated rings. The summed E-state index contributed by atoms with van der Waals surface area (Å²) >= 11 is 0. The molecular weight excluding hydrogens is 487 g/mol. The van der Waals surface area contributed by atoms with Crippen molar-refractivity contribution < 1.29 is 4.79 Å². The number of amides is 1. The van der Waals surface area contributed by atoms with Crippen molar-refractivity contribution >= 4 is 35.8 Å². The molecule has 30 heavy (non-hydrogen) atoms. The Morgan fingerprint density at radius 1 is 1.13 bits per heavy atom. The van der Waals surface area contributed by atoms with Gasteiger partial charge in [-0.1, -0.05) is 49.4 Å². The highest BCUT2D eigenvalue weighted by molar-refractivity contribution is 14.0. The van der Waals surface area contributed by atoms with Crippen LogP contribution in [0.5, 0.6) is 0 Å². The molecule has 0 aliphatic carbocycles. The molecule has 0 spiro atoms. The van der Waals surface area contributed by atoms with E-state index in [1.165, 1.54) is 5.56 Å². The second kappa shape index (κ2) is 11.9. The fraction of sp³-hybridized carbons (Fsp3) is 0.417. The van der Waals surface area contributed by atoms with Crippen LogP contribution in [-0.4, -0.2) is 43.4 Å². The lowest BCUT2D eigenvalue weighted by Gasteiger charge is -2.39. The molecule has 5 nitrogen and oxygen atoms in total. The first-order valence-corrected chi connectivity index (χ1v) is 10.5. The number of nitrogens with one attached hydrogen (secondary N) is 2. The van der Waals surface area contributed by atoms with Crippen molar-refractivity contribution in [2.24, 2.45) is 10.9 Å². The SMILES string of the molecule is CCNC(=NCc1ccc(C(=O)NC)cc1)N1CCC(c2ccccc2)C(C)C1.I. The van der Waals surface area contributed by atoms with Crippen molar-refractivity contribution in [3.63, 3.8) is 0 Å². The molecular formula is C24H33IN4O. The molecule has 0 bridgehead atoms. The maximum atomic E-state index is 11.7. The number of nitrogens with zero attached hydrogens (tertiary/aromatic N) is 2. The van der Waals surface area contributed by atoms with Gasteiger partial charge in [0.15, 0.2) is 5.96 Å². The minimum Gasteiger partial charge on any atom is -0.357 e. The second-order valence-electron chi connectivity index (χ2n) is 7.68. The van der Waals surface area contributed by atoms with Crippen LogP contribution in [0.25, 0.3) is 0 Å². The van der Waals surface area contributed by atoms with Crippen molar-refractivity contribution in [2.75, 3.05) is 26.7 Å². The van der Waals surface area contributed by atoms with E-state index in [9.17, 15) is 4.79 Å². The van der Waals surface area contributed by atoms with Gasteiger partial charge in [-0.3, -0.25) is 4.79 Å². The predicted octanol–water partition coefficient (Wildman–Crippen LogP) is 4.26. The zero-order valence-electron chi connectivity index (χ0n) is 18.1. The standard InChI is InChI=1S/C24H32N4O.HI/c1-4-26-24(27-16-19-10-12-21(13-11-19)23(29)25-3)28-15-14-22(18(2)17-28)20-8-6-5-7-9-20;/h5-13,18,22H,4,14-17H2,1-3H3,(H,25,29)(H,26,27);1H. The summed E-state index contributed by atoms with van der Waals surface area (Å²) < 4.78 is 0. The number of rotatable bonds is 5. The molecule has 162 valence electrons. The number of halogens is 1. The Hall–Kier alpha value is -2.09. The van der Waals surface area contributed by atoms with Crippen LogP contribution in [0.1, 0.15) is 47.7 Å². The van der Waals surface area contributed by atoms with Gasteiger partial charge in [-0.25, -0.2) is 4.99 Å².